The Morgan fingerprint density at radius 3 is 2.41 bits per heavy atom. The number of nitrogens with zero attached hydrogens (tertiary/aromatic N) is 2. The fourth-order valence-corrected chi connectivity index (χ4v) is 4.12. The van der Waals surface area contributed by atoms with Gasteiger partial charge in [0.25, 0.3) is 5.91 Å². The van der Waals surface area contributed by atoms with Crippen LogP contribution in [-0.4, -0.2) is 20.9 Å². The molecular weight excluding hydrogens is 377 g/mol. The van der Waals surface area contributed by atoms with Crippen molar-refractivity contribution in [1.82, 2.24) is 9.88 Å². The van der Waals surface area contributed by atoms with Crippen molar-refractivity contribution in [2.75, 3.05) is 0 Å². The highest BCUT2D eigenvalue weighted by atomic mass is 32.1. The van der Waals surface area contributed by atoms with E-state index in [4.69, 9.17) is 0 Å². The molecule has 1 amide bonds. The number of thiazole rings is 1. The van der Waals surface area contributed by atoms with Gasteiger partial charge in [-0.25, -0.2) is 13.8 Å². The van der Waals surface area contributed by atoms with Gasteiger partial charge in [0.1, 0.15) is 9.88 Å². The Kier molecular flexibility index (Phi) is 4.15. The lowest BCUT2D eigenvalue weighted by Gasteiger charge is -2.14. The molecule has 2 aromatic carbocycles. The number of carbonyl (C=O) groups is 1. The van der Waals surface area contributed by atoms with Crippen LogP contribution < -0.4 is 0 Å². The van der Waals surface area contributed by atoms with Crippen molar-refractivity contribution in [2.45, 2.75) is 20.0 Å². The number of halogens is 3. The molecule has 8 heteroatoms. The average Bonchev–Trinajstić information content (AvgIpc) is 3.26. The van der Waals surface area contributed by atoms with Crippen LogP contribution in [0.3, 0.4) is 0 Å². The summed E-state index contributed by atoms with van der Waals surface area (Å²) in [6, 6.07) is 8.34. The van der Waals surface area contributed by atoms with Gasteiger partial charge in [-0.15, -0.1) is 11.3 Å². The van der Waals surface area contributed by atoms with E-state index >= 15 is 0 Å². The molecule has 0 unspecified atom stereocenters. The first-order chi connectivity index (χ1) is 12.9. The fraction of sp³-hybridized carbons (Fsp3) is 0.158. The molecule has 2 heterocycles. The summed E-state index contributed by atoms with van der Waals surface area (Å²) in [5.41, 5.74) is 2.09. The minimum atomic E-state index is -1.66. The summed E-state index contributed by atoms with van der Waals surface area (Å²) >= 11 is 0.881. The van der Waals surface area contributed by atoms with E-state index in [1.165, 1.54) is 0 Å². The largest absolute Gasteiger partial charge is 0.503 e. The first kappa shape index (κ1) is 17.5. The second-order valence-corrected chi connectivity index (χ2v) is 7.25. The third-order valence-corrected chi connectivity index (χ3v) is 5.66. The van der Waals surface area contributed by atoms with E-state index in [-0.39, 0.29) is 16.5 Å². The van der Waals surface area contributed by atoms with Crippen molar-refractivity contribution in [3.05, 3.63) is 69.5 Å². The van der Waals surface area contributed by atoms with E-state index in [1.54, 1.807) is 11.8 Å². The lowest BCUT2D eigenvalue weighted by molar-refractivity contribution is 0.0755. The molecule has 1 aromatic heterocycles. The molecular formula is C19H13F3N2O2S. The van der Waals surface area contributed by atoms with Crippen molar-refractivity contribution in [3.8, 4) is 16.3 Å². The summed E-state index contributed by atoms with van der Waals surface area (Å²) in [6.45, 7) is 2.51. The molecule has 4 rings (SSSR count). The zero-order valence-electron chi connectivity index (χ0n) is 14.1. The van der Waals surface area contributed by atoms with Crippen LogP contribution >= 0.6 is 11.3 Å². The zero-order chi connectivity index (χ0) is 19.3. The maximum atomic E-state index is 14.2. The number of phenols is 1. The van der Waals surface area contributed by atoms with Crippen molar-refractivity contribution in [3.63, 3.8) is 0 Å². The van der Waals surface area contributed by atoms with Crippen LogP contribution in [0.2, 0.25) is 0 Å². The molecule has 1 aliphatic heterocycles. The number of aromatic hydroxyl groups is 1. The molecule has 0 aliphatic carbocycles. The molecule has 3 aromatic rings. The molecule has 0 fully saturated rings. The van der Waals surface area contributed by atoms with Gasteiger partial charge in [-0.05, 0) is 24.1 Å². The Hall–Kier alpha value is -2.87. The van der Waals surface area contributed by atoms with Crippen LogP contribution in [0, 0.1) is 24.4 Å². The highest BCUT2D eigenvalue weighted by Gasteiger charge is 2.28. The van der Waals surface area contributed by atoms with E-state index in [1.807, 2.05) is 24.3 Å². The quantitative estimate of drug-likeness (QED) is 0.660. The molecule has 4 nitrogen and oxygen atoms in total. The van der Waals surface area contributed by atoms with Gasteiger partial charge in [0, 0.05) is 13.1 Å². The summed E-state index contributed by atoms with van der Waals surface area (Å²) < 4.78 is 41.0. The fourth-order valence-electron chi connectivity index (χ4n) is 3.08. The van der Waals surface area contributed by atoms with Gasteiger partial charge >= 0.3 is 0 Å². The smallest absolute Gasteiger partial charge is 0.266 e. The Morgan fingerprint density at radius 2 is 1.78 bits per heavy atom. The number of benzene rings is 2. The Labute approximate surface area is 156 Å². The molecule has 0 saturated carbocycles. The van der Waals surface area contributed by atoms with Crippen LogP contribution in [0.15, 0.2) is 30.3 Å². The standard InChI is InChI=1S/C19H13F3N2O2S/c1-9-17(19(26)24-7-10-4-2-3-5-11(10)8-24)27-18(23-9)12-6-13(20)15(22)16(25)14(12)21/h2-6,25H,7-8H2,1H3. The molecule has 0 saturated heterocycles. The first-order valence-corrected chi connectivity index (χ1v) is 8.88. The van der Waals surface area contributed by atoms with Crippen LogP contribution in [0.25, 0.3) is 10.6 Å². The van der Waals surface area contributed by atoms with Crippen molar-refractivity contribution in [2.24, 2.45) is 0 Å². The third kappa shape index (κ3) is 2.86. The molecule has 1 N–H and O–H groups in total. The molecule has 0 atom stereocenters. The average molecular weight is 390 g/mol. The third-order valence-electron chi connectivity index (χ3n) is 4.48. The number of aryl methyl sites for hydroxylation is 1. The maximum Gasteiger partial charge on any atom is 0.266 e. The Bertz CT molecular complexity index is 1060. The summed E-state index contributed by atoms with van der Waals surface area (Å²) in [6.07, 6.45) is 0. The monoisotopic (exact) mass is 390 g/mol. The molecule has 0 bridgehead atoms. The van der Waals surface area contributed by atoms with E-state index in [9.17, 15) is 23.1 Å². The van der Waals surface area contributed by atoms with Crippen LogP contribution in [-0.2, 0) is 13.1 Å². The van der Waals surface area contributed by atoms with Crippen molar-refractivity contribution < 1.29 is 23.1 Å². The minimum Gasteiger partial charge on any atom is -0.503 e. The number of hydrogen-bond acceptors (Lipinski definition) is 4. The van der Waals surface area contributed by atoms with Gasteiger partial charge < -0.3 is 10.0 Å². The summed E-state index contributed by atoms with van der Waals surface area (Å²) in [4.78, 5) is 18.9. The highest BCUT2D eigenvalue weighted by molar-refractivity contribution is 7.17. The summed E-state index contributed by atoms with van der Waals surface area (Å²) in [5.74, 6) is -6.02. The molecule has 27 heavy (non-hydrogen) atoms. The van der Waals surface area contributed by atoms with Crippen LogP contribution in [0.4, 0.5) is 13.2 Å². The normalized spacial score (nSPS) is 13.1. The lowest BCUT2D eigenvalue weighted by atomic mass is 10.1. The van der Waals surface area contributed by atoms with Gasteiger partial charge in [-0.1, -0.05) is 24.3 Å². The first-order valence-electron chi connectivity index (χ1n) is 8.07. The lowest BCUT2D eigenvalue weighted by Crippen LogP contribution is -2.25. The number of phenolic OH excluding ortho intramolecular Hbond substituents is 1. The van der Waals surface area contributed by atoms with Crippen molar-refractivity contribution >= 4 is 17.2 Å². The Morgan fingerprint density at radius 1 is 1.15 bits per heavy atom. The van der Waals surface area contributed by atoms with Gasteiger partial charge in [0.2, 0.25) is 5.82 Å². The summed E-state index contributed by atoms with van der Waals surface area (Å²) in [7, 11) is 0. The van der Waals surface area contributed by atoms with Crippen molar-refractivity contribution in [1.29, 1.82) is 0 Å². The second-order valence-electron chi connectivity index (χ2n) is 6.25. The molecule has 0 radical (unpaired) electrons. The SMILES string of the molecule is Cc1nc(-c2cc(F)c(F)c(O)c2F)sc1C(=O)N1Cc2ccccc2C1. The number of amides is 1. The van der Waals surface area contributed by atoms with Crippen LogP contribution in [0.5, 0.6) is 5.75 Å². The van der Waals surface area contributed by atoms with Gasteiger partial charge in [0.05, 0.1) is 11.3 Å². The van der Waals surface area contributed by atoms with Gasteiger partial charge in [-0.3, -0.25) is 4.79 Å². The topological polar surface area (TPSA) is 53.4 Å². The summed E-state index contributed by atoms with van der Waals surface area (Å²) in [5, 5.41) is 9.40. The molecule has 1 aliphatic rings. The van der Waals surface area contributed by atoms with E-state index in [2.05, 4.69) is 4.98 Å². The van der Waals surface area contributed by atoms with Gasteiger partial charge in [0.15, 0.2) is 17.4 Å². The maximum absolute atomic E-state index is 14.2. The number of hydrogen-bond donors (Lipinski definition) is 1. The molecule has 0 spiro atoms. The molecule has 138 valence electrons. The van der Waals surface area contributed by atoms with Gasteiger partial charge in [-0.2, -0.15) is 4.39 Å². The minimum absolute atomic E-state index is 0.000684. The number of fused-ring (bicyclic) bond motifs is 1. The zero-order valence-corrected chi connectivity index (χ0v) is 14.9. The van der Waals surface area contributed by atoms with E-state index in [0.29, 0.717) is 29.7 Å². The highest BCUT2D eigenvalue weighted by Crippen LogP contribution is 2.36. The Balaban J connectivity index is 1.68. The predicted molar refractivity (Wildman–Crippen MR) is 93.8 cm³/mol. The van der Waals surface area contributed by atoms with E-state index < -0.39 is 23.2 Å². The second kappa shape index (κ2) is 6.38. The number of rotatable bonds is 2. The number of carbonyl (C=O) groups excluding carboxylic acids is 1. The van der Waals surface area contributed by atoms with E-state index in [0.717, 1.165) is 22.5 Å². The van der Waals surface area contributed by atoms with Crippen LogP contribution in [0.1, 0.15) is 26.5 Å². The number of aromatic nitrogens is 1. The predicted octanol–water partition coefficient (Wildman–Crippen LogP) is 4.40.